The molecular weight excluding hydrogens is 369 g/mol. The van der Waals surface area contributed by atoms with Crippen LogP contribution in [0.25, 0.3) is 0 Å². The zero-order chi connectivity index (χ0) is 16.4. The number of rotatable bonds is 6. The van der Waals surface area contributed by atoms with Crippen LogP contribution in [0.1, 0.15) is 13.8 Å². The molecule has 1 atom stereocenters. The number of benzene rings is 1. The highest BCUT2D eigenvalue weighted by Crippen LogP contribution is 2.30. The average Bonchev–Trinajstić information content (AvgIpc) is 2.37. The Balaban J connectivity index is 3.31. The van der Waals surface area contributed by atoms with Crippen molar-refractivity contribution in [3.05, 3.63) is 22.4 Å². The highest BCUT2D eigenvalue weighted by Gasteiger charge is 2.30. The minimum Gasteiger partial charge on any atom is -0.495 e. The van der Waals surface area contributed by atoms with Gasteiger partial charge in [0.15, 0.2) is 0 Å². The number of carbonyl (C=O) groups is 1. The van der Waals surface area contributed by atoms with Crippen molar-refractivity contribution in [2.75, 3.05) is 7.11 Å². The second-order valence-electron chi connectivity index (χ2n) is 4.60. The van der Waals surface area contributed by atoms with Crippen LogP contribution in [0, 0.1) is 11.7 Å². The first-order chi connectivity index (χ1) is 9.60. The van der Waals surface area contributed by atoms with Crippen LogP contribution >= 0.6 is 15.9 Å². The molecule has 0 saturated heterocycles. The molecule has 1 aromatic rings. The minimum atomic E-state index is -4.25. The lowest BCUT2D eigenvalue weighted by Gasteiger charge is -2.19. The number of methoxy groups -OCH3 is 1. The maximum atomic E-state index is 13.6. The average molecular weight is 384 g/mol. The van der Waals surface area contributed by atoms with Gasteiger partial charge in [0, 0.05) is 0 Å². The molecule has 0 aliphatic carbocycles. The van der Waals surface area contributed by atoms with Gasteiger partial charge < -0.3 is 9.84 Å². The number of carboxylic acids is 1. The Kier molecular flexibility index (Phi) is 5.71. The third-order valence-electron chi connectivity index (χ3n) is 2.71. The van der Waals surface area contributed by atoms with Crippen LogP contribution in [0.3, 0.4) is 0 Å². The van der Waals surface area contributed by atoms with Gasteiger partial charge in [-0.3, -0.25) is 4.79 Å². The van der Waals surface area contributed by atoms with Gasteiger partial charge in [-0.15, -0.1) is 0 Å². The quantitative estimate of drug-likeness (QED) is 0.783. The highest BCUT2D eigenvalue weighted by atomic mass is 79.9. The van der Waals surface area contributed by atoms with Crippen LogP contribution in [0.15, 0.2) is 21.5 Å². The van der Waals surface area contributed by atoms with Crippen LogP contribution in [0.4, 0.5) is 4.39 Å². The van der Waals surface area contributed by atoms with Gasteiger partial charge in [-0.25, -0.2) is 12.8 Å². The zero-order valence-electron chi connectivity index (χ0n) is 11.6. The number of ether oxygens (including phenoxy) is 1. The molecule has 0 amide bonds. The van der Waals surface area contributed by atoms with Gasteiger partial charge in [0.05, 0.1) is 11.6 Å². The van der Waals surface area contributed by atoms with Gasteiger partial charge in [0.1, 0.15) is 22.5 Å². The van der Waals surface area contributed by atoms with Gasteiger partial charge in [-0.1, -0.05) is 13.8 Å². The molecule has 1 aromatic carbocycles. The summed E-state index contributed by atoms with van der Waals surface area (Å²) in [6, 6.07) is 0.603. The van der Waals surface area contributed by atoms with Crippen molar-refractivity contribution >= 4 is 31.9 Å². The third kappa shape index (κ3) is 4.14. The largest absolute Gasteiger partial charge is 0.495 e. The van der Waals surface area contributed by atoms with Crippen molar-refractivity contribution in [3.8, 4) is 5.75 Å². The molecule has 0 bridgehead atoms. The summed E-state index contributed by atoms with van der Waals surface area (Å²) < 4.78 is 45.1. The summed E-state index contributed by atoms with van der Waals surface area (Å²) in [6.45, 7) is 3.11. The lowest BCUT2D eigenvalue weighted by molar-refractivity contribution is -0.140. The molecule has 0 aromatic heterocycles. The van der Waals surface area contributed by atoms with Crippen LogP contribution in [-0.2, 0) is 14.8 Å². The molecule has 0 radical (unpaired) electrons. The van der Waals surface area contributed by atoms with Gasteiger partial charge in [0.25, 0.3) is 0 Å². The molecular formula is C12H15BrFNO5S. The van der Waals surface area contributed by atoms with E-state index in [2.05, 4.69) is 15.9 Å². The first-order valence-corrected chi connectivity index (χ1v) is 8.16. The monoisotopic (exact) mass is 383 g/mol. The molecule has 0 heterocycles. The van der Waals surface area contributed by atoms with E-state index in [1.807, 2.05) is 4.72 Å². The Labute approximate surface area is 130 Å². The Bertz CT molecular complexity index is 647. The van der Waals surface area contributed by atoms with E-state index in [1.165, 1.54) is 7.11 Å². The molecule has 1 unspecified atom stereocenters. The SMILES string of the molecule is COc1cc(Br)c(F)cc1S(=O)(=O)NC(C(=O)O)C(C)C. The Hall–Kier alpha value is -1.19. The fourth-order valence-corrected chi connectivity index (χ4v) is 3.40. The molecule has 0 aliphatic rings. The van der Waals surface area contributed by atoms with Gasteiger partial charge in [-0.05, 0) is 34.0 Å². The molecule has 0 saturated carbocycles. The standard InChI is InChI=1S/C12H15BrFNO5S/c1-6(2)11(12(16)17)15-21(18,19)10-5-8(14)7(13)4-9(10)20-3/h4-6,11,15H,1-3H3,(H,16,17). The molecule has 0 aliphatic heterocycles. The van der Waals surface area contributed by atoms with E-state index < -0.39 is 38.7 Å². The normalized spacial score (nSPS) is 13.2. The summed E-state index contributed by atoms with van der Waals surface area (Å²) in [6.07, 6.45) is 0. The summed E-state index contributed by atoms with van der Waals surface area (Å²) in [4.78, 5) is 10.6. The molecule has 9 heteroatoms. The highest BCUT2D eigenvalue weighted by molar-refractivity contribution is 9.10. The fraction of sp³-hybridized carbons (Fsp3) is 0.417. The number of carboxylic acid groups (broad SMARTS) is 1. The number of hydrogen-bond donors (Lipinski definition) is 2. The van der Waals surface area contributed by atoms with Crippen molar-refractivity contribution in [2.24, 2.45) is 5.92 Å². The number of sulfonamides is 1. The van der Waals surface area contributed by atoms with Crippen molar-refractivity contribution in [1.29, 1.82) is 0 Å². The van der Waals surface area contributed by atoms with E-state index in [0.29, 0.717) is 0 Å². The number of nitrogens with one attached hydrogen (secondary N) is 1. The molecule has 0 fully saturated rings. The smallest absolute Gasteiger partial charge is 0.322 e. The van der Waals surface area contributed by atoms with Crippen LogP contribution < -0.4 is 9.46 Å². The first kappa shape index (κ1) is 17.9. The summed E-state index contributed by atoms with van der Waals surface area (Å²) >= 11 is 2.92. The van der Waals surface area contributed by atoms with Crippen LogP contribution in [0.2, 0.25) is 0 Å². The molecule has 6 nitrogen and oxygen atoms in total. The third-order valence-corrected chi connectivity index (χ3v) is 4.78. The van der Waals surface area contributed by atoms with Crippen molar-refractivity contribution in [3.63, 3.8) is 0 Å². The van der Waals surface area contributed by atoms with E-state index in [1.54, 1.807) is 13.8 Å². The predicted molar refractivity (Wildman–Crippen MR) is 77.2 cm³/mol. The second-order valence-corrected chi connectivity index (χ2v) is 7.14. The maximum absolute atomic E-state index is 13.6. The molecule has 21 heavy (non-hydrogen) atoms. The summed E-state index contributed by atoms with van der Waals surface area (Å²) in [5, 5.41) is 9.04. The lowest BCUT2D eigenvalue weighted by Crippen LogP contribution is -2.44. The number of hydrogen-bond acceptors (Lipinski definition) is 4. The number of halogens is 2. The molecule has 2 N–H and O–H groups in total. The van der Waals surface area contributed by atoms with Crippen LogP contribution in [0.5, 0.6) is 5.75 Å². The first-order valence-electron chi connectivity index (χ1n) is 5.88. The van der Waals surface area contributed by atoms with E-state index in [9.17, 15) is 17.6 Å². The van der Waals surface area contributed by atoms with Gasteiger partial charge in [0.2, 0.25) is 10.0 Å². The second kappa shape index (κ2) is 6.71. The molecule has 118 valence electrons. The molecule has 1 rings (SSSR count). The number of aliphatic carboxylic acids is 1. The van der Waals surface area contributed by atoms with E-state index in [4.69, 9.17) is 9.84 Å². The molecule has 0 spiro atoms. The Morgan fingerprint density at radius 2 is 2.00 bits per heavy atom. The summed E-state index contributed by atoms with van der Waals surface area (Å²) in [5.41, 5.74) is 0. The maximum Gasteiger partial charge on any atom is 0.322 e. The van der Waals surface area contributed by atoms with Gasteiger partial charge in [-0.2, -0.15) is 4.72 Å². The summed E-state index contributed by atoms with van der Waals surface area (Å²) in [7, 11) is -3.02. The van der Waals surface area contributed by atoms with Crippen LogP contribution in [-0.4, -0.2) is 32.6 Å². The van der Waals surface area contributed by atoms with Crippen molar-refractivity contribution in [1.82, 2.24) is 4.72 Å². The Morgan fingerprint density at radius 3 is 2.43 bits per heavy atom. The predicted octanol–water partition coefficient (Wildman–Crippen LogP) is 1.98. The van der Waals surface area contributed by atoms with Crippen molar-refractivity contribution in [2.45, 2.75) is 24.8 Å². The minimum absolute atomic E-state index is 0.0388. The van der Waals surface area contributed by atoms with E-state index in [0.717, 1.165) is 12.1 Å². The fourth-order valence-electron chi connectivity index (χ4n) is 1.58. The lowest BCUT2D eigenvalue weighted by atomic mass is 10.1. The Morgan fingerprint density at radius 1 is 1.43 bits per heavy atom. The van der Waals surface area contributed by atoms with Crippen molar-refractivity contribution < 1.29 is 27.4 Å². The topological polar surface area (TPSA) is 92.7 Å². The van der Waals surface area contributed by atoms with E-state index in [-0.39, 0.29) is 10.2 Å². The van der Waals surface area contributed by atoms with Gasteiger partial charge >= 0.3 is 5.97 Å². The summed E-state index contributed by atoms with van der Waals surface area (Å²) in [5.74, 6) is -2.69. The zero-order valence-corrected chi connectivity index (χ0v) is 14.0. The van der Waals surface area contributed by atoms with E-state index >= 15 is 0 Å².